The zero-order valence-electron chi connectivity index (χ0n) is 13.0. The zero-order chi connectivity index (χ0) is 14.8. The molecule has 0 aromatic heterocycles. The van der Waals surface area contributed by atoms with Gasteiger partial charge in [-0.3, -0.25) is 0 Å². The molecular weight excluding hydrogens is 258 g/mol. The van der Waals surface area contributed by atoms with Gasteiger partial charge in [-0.15, -0.1) is 0 Å². The molecule has 0 atom stereocenters. The second-order valence-electron chi connectivity index (χ2n) is 6.14. The van der Waals surface area contributed by atoms with Crippen molar-refractivity contribution in [3.63, 3.8) is 0 Å². The van der Waals surface area contributed by atoms with Crippen LogP contribution in [0.3, 0.4) is 0 Å². The van der Waals surface area contributed by atoms with Gasteiger partial charge in [-0.05, 0) is 50.0 Å². The van der Waals surface area contributed by atoms with Gasteiger partial charge in [0.25, 0.3) is 0 Å². The second kappa shape index (κ2) is 6.04. The summed E-state index contributed by atoms with van der Waals surface area (Å²) in [6.45, 7) is 2.97. The first kappa shape index (κ1) is 14.4. The van der Waals surface area contributed by atoms with E-state index in [-0.39, 0.29) is 0 Å². The molecular formula is C18H25N3. The molecule has 0 unspecified atom stereocenters. The lowest BCUT2D eigenvalue weighted by Crippen LogP contribution is -2.42. The van der Waals surface area contributed by atoms with Gasteiger partial charge < -0.3 is 15.5 Å². The van der Waals surface area contributed by atoms with Crippen LogP contribution < -0.4 is 10.6 Å². The van der Waals surface area contributed by atoms with Gasteiger partial charge in [0.15, 0.2) is 0 Å². The van der Waals surface area contributed by atoms with Crippen LogP contribution in [0.2, 0.25) is 0 Å². The average molecular weight is 283 g/mol. The van der Waals surface area contributed by atoms with Crippen molar-refractivity contribution in [1.29, 1.82) is 0 Å². The Morgan fingerprint density at radius 3 is 2.43 bits per heavy atom. The van der Waals surface area contributed by atoms with Crippen LogP contribution in [-0.2, 0) is 6.54 Å². The predicted molar refractivity (Wildman–Crippen MR) is 90.8 cm³/mol. The monoisotopic (exact) mass is 283 g/mol. The van der Waals surface area contributed by atoms with Crippen LogP contribution in [0.15, 0.2) is 36.4 Å². The average Bonchev–Trinajstić information content (AvgIpc) is 2.54. The third kappa shape index (κ3) is 2.76. The number of likely N-dealkylation sites (tertiary alicyclic amines) is 1. The molecule has 1 aliphatic rings. The van der Waals surface area contributed by atoms with Gasteiger partial charge in [-0.25, -0.2) is 0 Å². The molecule has 3 nitrogen and oxygen atoms in total. The predicted octanol–water partition coefficient (Wildman–Crippen LogP) is 2.83. The number of fused-ring (bicyclic) bond motifs is 1. The summed E-state index contributed by atoms with van der Waals surface area (Å²) in [6, 6.07) is 13.7. The van der Waals surface area contributed by atoms with E-state index >= 15 is 0 Å². The molecule has 2 aromatic rings. The van der Waals surface area contributed by atoms with Crippen molar-refractivity contribution in [1.82, 2.24) is 4.90 Å². The van der Waals surface area contributed by atoms with Crippen LogP contribution in [0.4, 0.5) is 5.69 Å². The molecule has 0 saturated carbocycles. The van der Waals surface area contributed by atoms with E-state index in [1.807, 2.05) is 0 Å². The van der Waals surface area contributed by atoms with E-state index in [1.165, 1.54) is 48.0 Å². The Hall–Kier alpha value is -1.58. The van der Waals surface area contributed by atoms with Gasteiger partial charge in [0.05, 0.1) is 0 Å². The molecule has 3 heteroatoms. The molecule has 0 aliphatic carbocycles. The topological polar surface area (TPSA) is 32.5 Å². The maximum Gasteiger partial charge on any atom is 0.0446 e. The van der Waals surface area contributed by atoms with E-state index in [0.717, 1.165) is 0 Å². The number of nitrogens with two attached hydrogens (primary N) is 1. The second-order valence-corrected chi connectivity index (χ2v) is 6.14. The maximum absolute atomic E-state index is 5.88. The Balaban J connectivity index is 1.96. The summed E-state index contributed by atoms with van der Waals surface area (Å²) >= 11 is 0. The number of anilines is 1. The van der Waals surface area contributed by atoms with Gasteiger partial charge in [0.2, 0.25) is 0 Å². The minimum atomic E-state index is 0.596. The molecule has 0 bridgehead atoms. The normalized spacial score (nSPS) is 17.3. The molecule has 112 valence electrons. The highest BCUT2D eigenvalue weighted by Gasteiger charge is 2.22. The van der Waals surface area contributed by atoms with Crippen molar-refractivity contribution in [3.05, 3.63) is 42.0 Å². The van der Waals surface area contributed by atoms with Gasteiger partial charge in [-0.1, -0.05) is 30.3 Å². The van der Waals surface area contributed by atoms with Crippen molar-refractivity contribution < 1.29 is 0 Å². The fourth-order valence-corrected chi connectivity index (χ4v) is 3.41. The first-order valence-corrected chi connectivity index (χ1v) is 7.83. The number of hydrogen-bond donors (Lipinski definition) is 1. The van der Waals surface area contributed by atoms with Crippen LogP contribution in [-0.4, -0.2) is 38.1 Å². The molecule has 0 spiro atoms. The highest BCUT2D eigenvalue weighted by molar-refractivity contribution is 5.96. The minimum absolute atomic E-state index is 0.596. The van der Waals surface area contributed by atoms with E-state index in [9.17, 15) is 0 Å². The Labute approximate surface area is 127 Å². The molecule has 1 aliphatic heterocycles. The number of piperidine rings is 1. The zero-order valence-corrected chi connectivity index (χ0v) is 13.0. The van der Waals surface area contributed by atoms with Crippen molar-refractivity contribution in [2.75, 3.05) is 32.1 Å². The Kier molecular flexibility index (Phi) is 4.13. The Bertz CT molecular complexity index is 615. The molecule has 2 N–H and O–H groups in total. The lowest BCUT2D eigenvalue weighted by Gasteiger charge is -2.37. The van der Waals surface area contributed by atoms with Gasteiger partial charge in [-0.2, -0.15) is 0 Å². The summed E-state index contributed by atoms with van der Waals surface area (Å²) in [6.07, 6.45) is 2.47. The number of benzene rings is 2. The summed E-state index contributed by atoms with van der Waals surface area (Å²) in [5.41, 5.74) is 8.44. The van der Waals surface area contributed by atoms with E-state index in [4.69, 9.17) is 5.73 Å². The highest BCUT2D eigenvalue weighted by atomic mass is 15.2. The fraction of sp³-hybridized carbons (Fsp3) is 0.444. The van der Waals surface area contributed by atoms with Crippen LogP contribution in [0.25, 0.3) is 10.8 Å². The van der Waals surface area contributed by atoms with Gasteiger partial charge in [0.1, 0.15) is 0 Å². The maximum atomic E-state index is 5.88. The highest BCUT2D eigenvalue weighted by Crippen LogP contribution is 2.31. The van der Waals surface area contributed by atoms with Crippen molar-refractivity contribution >= 4 is 16.5 Å². The number of nitrogens with zero attached hydrogens (tertiary/aromatic N) is 2. The van der Waals surface area contributed by atoms with E-state index in [2.05, 4.69) is 60.3 Å². The third-order valence-electron chi connectivity index (χ3n) is 4.83. The fourth-order valence-electron chi connectivity index (χ4n) is 3.41. The van der Waals surface area contributed by atoms with Gasteiger partial charge in [0, 0.05) is 30.7 Å². The van der Waals surface area contributed by atoms with Crippen LogP contribution in [0.5, 0.6) is 0 Å². The van der Waals surface area contributed by atoms with Crippen molar-refractivity contribution in [2.45, 2.75) is 25.4 Å². The molecule has 21 heavy (non-hydrogen) atoms. The van der Waals surface area contributed by atoms with E-state index in [1.54, 1.807) is 0 Å². The summed E-state index contributed by atoms with van der Waals surface area (Å²) in [4.78, 5) is 4.88. The molecule has 3 rings (SSSR count). The van der Waals surface area contributed by atoms with Crippen LogP contribution >= 0.6 is 0 Å². The smallest absolute Gasteiger partial charge is 0.0446 e. The van der Waals surface area contributed by atoms with E-state index < -0.39 is 0 Å². The molecule has 0 amide bonds. The molecule has 0 radical (unpaired) electrons. The quantitative estimate of drug-likeness (QED) is 0.940. The largest absolute Gasteiger partial charge is 0.371 e. The number of hydrogen-bond acceptors (Lipinski definition) is 3. The summed E-state index contributed by atoms with van der Waals surface area (Å²) < 4.78 is 0. The summed E-state index contributed by atoms with van der Waals surface area (Å²) in [5, 5.41) is 2.61. The van der Waals surface area contributed by atoms with E-state index in [0.29, 0.717) is 12.6 Å². The van der Waals surface area contributed by atoms with Crippen LogP contribution in [0.1, 0.15) is 18.4 Å². The molecule has 1 heterocycles. The Morgan fingerprint density at radius 1 is 1.10 bits per heavy atom. The SMILES string of the molecule is CN1CCC(N(C)c2ccc(CN)c3ccccc23)CC1. The standard InChI is InChI=1S/C18H25N3/c1-20-11-9-15(10-12-20)21(2)18-8-7-14(13-19)16-5-3-4-6-17(16)18/h3-8,15H,9-13,19H2,1-2H3. The summed E-state index contributed by atoms with van der Waals surface area (Å²) in [7, 11) is 4.45. The van der Waals surface area contributed by atoms with Crippen molar-refractivity contribution in [3.8, 4) is 0 Å². The molecule has 1 fully saturated rings. The number of rotatable bonds is 3. The van der Waals surface area contributed by atoms with Crippen LogP contribution in [0, 0.1) is 0 Å². The third-order valence-corrected chi connectivity index (χ3v) is 4.83. The minimum Gasteiger partial charge on any atom is -0.371 e. The first-order valence-electron chi connectivity index (χ1n) is 7.83. The summed E-state index contributed by atoms with van der Waals surface area (Å²) in [5.74, 6) is 0. The van der Waals surface area contributed by atoms with Gasteiger partial charge >= 0.3 is 0 Å². The Morgan fingerprint density at radius 2 is 1.76 bits per heavy atom. The van der Waals surface area contributed by atoms with Crippen molar-refractivity contribution in [2.24, 2.45) is 5.73 Å². The molecule has 1 saturated heterocycles. The lowest BCUT2D eigenvalue weighted by molar-refractivity contribution is 0.253. The molecule has 2 aromatic carbocycles. The first-order chi connectivity index (χ1) is 10.2. The lowest BCUT2D eigenvalue weighted by atomic mass is 9.99.